The molecule has 0 bridgehead atoms. The summed E-state index contributed by atoms with van der Waals surface area (Å²) in [6.45, 7) is 3.77. The van der Waals surface area contributed by atoms with Crippen molar-refractivity contribution in [3.63, 3.8) is 0 Å². The Bertz CT molecular complexity index is 1280. The summed E-state index contributed by atoms with van der Waals surface area (Å²) in [4.78, 5) is 8.79. The van der Waals surface area contributed by atoms with E-state index >= 15 is 0 Å². The van der Waals surface area contributed by atoms with E-state index in [4.69, 9.17) is 4.74 Å². The number of hydrogen-bond acceptors (Lipinski definition) is 7. The normalized spacial score (nSPS) is 20.3. The molecule has 1 unspecified atom stereocenters. The van der Waals surface area contributed by atoms with Gasteiger partial charge < -0.3 is 15.2 Å². The van der Waals surface area contributed by atoms with E-state index in [1.54, 1.807) is 18.4 Å². The summed E-state index contributed by atoms with van der Waals surface area (Å²) in [6.07, 6.45) is 5.51. The largest absolute Gasteiger partial charge is 0.488 e. The molecule has 1 atom stereocenters. The molecular formula is C24H29FN4O3S. The molecular weight excluding hydrogens is 443 g/mol. The molecule has 1 aliphatic carbocycles. The first-order valence-corrected chi connectivity index (χ1v) is 13.2. The maximum atomic E-state index is 14.0. The Hall–Kier alpha value is -2.78. The number of nitrogens with one attached hydrogen (secondary N) is 1. The number of aryl methyl sites for hydroxylation is 1. The van der Waals surface area contributed by atoms with Gasteiger partial charge in [0.15, 0.2) is 0 Å². The minimum atomic E-state index is -2.30. The molecule has 1 aliphatic rings. The lowest BCUT2D eigenvalue weighted by Gasteiger charge is -2.27. The molecule has 0 amide bonds. The molecule has 0 spiro atoms. The lowest BCUT2D eigenvalue weighted by Crippen LogP contribution is -2.26. The third-order valence-corrected chi connectivity index (χ3v) is 7.56. The van der Waals surface area contributed by atoms with Crippen molar-refractivity contribution in [2.45, 2.75) is 51.7 Å². The zero-order valence-corrected chi connectivity index (χ0v) is 19.9. The summed E-state index contributed by atoms with van der Waals surface area (Å²) >= 11 is 0. The van der Waals surface area contributed by atoms with Crippen LogP contribution in [0.15, 0.2) is 41.0 Å². The van der Waals surface area contributed by atoms with Gasteiger partial charge in [0.05, 0.1) is 29.1 Å². The van der Waals surface area contributed by atoms with E-state index in [2.05, 4.69) is 19.6 Å². The van der Waals surface area contributed by atoms with Crippen molar-refractivity contribution >= 4 is 37.8 Å². The topological polar surface area (TPSA) is 96.7 Å². The highest BCUT2D eigenvalue weighted by Crippen LogP contribution is 2.35. The summed E-state index contributed by atoms with van der Waals surface area (Å²) < 4.78 is 37.0. The average molecular weight is 473 g/mol. The molecule has 9 heteroatoms. The zero-order valence-electron chi connectivity index (χ0n) is 19.0. The monoisotopic (exact) mass is 472 g/mol. The lowest BCUT2D eigenvalue weighted by atomic mass is 9.95. The van der Waals surface area contributed by atoms with Crippen molar-refractivity contribution in [1.29, 1.82) is 0 Å². The molecule has 7 nitrogen and oxygen atoms in total. The number of fused-ring (bicyclic) bond motifs is 1. The molecule has 4 rings (SSSR count). The van der Waals surface area contributed by atoms with Crippen molar-refractivity contribution in [3.8, 4) is 5.75 Å². The van der Waals surface area contributed by atoms with Gasteiger partial charge in [-0.25, -0.2) is 18.6 Å². The molecule has 1 saturated carbocycles. The van der Waals surface area contributed by atoms with Gasteiger partial charge >= 0.3 is 0 Å². The van der Waals surface area contributed by atoms with Crippen molar-refractivity contribution in [1.82, 2.24) is 9.97 Å². The van der Waals surface area contributed by atoms with Crippen LogP contribution in [-0.4, -0.2) is 43.5 Å². The van der Waals surface area contributed by atoms with Crippen LogP contribution in [0.2, 0.25) is 0 Å². The van der Waals surface area contributed by atoms with Crippen LogP contribution in [0.3, 0.4) is 0 Å². The molecule has 1 aromatic heterocycles. The Kier molecular flexibility index (Phi) is 6.81. The molecule has 0 aliphatic heterocycles. The number of nitrogens with zero attached hydrogens (tertiary/aromatic N) is 3. The quantitative estimate of drug-likeness (QED) is 0.508. The Balaban J connectivity index is 1.68. The van der Waals surface area contributed by atoms with Crippen LogP contribution in [-0.2, 0) is 9.73 Å². The second kappa shape index (κ2) is 9.61. The maximum absolute atomic E-state index is 14.0. The molecule has 1 fully saturated rings. The fourth-order valence-corrected chi connectivity index (χ4v) is 4.66. The van der Waals surface area contributed by atoms with E-state index in [-0.39, 0.29) is 18.0 Å². The lowest BCUT2D eigenvalue weighted by molar-refractivity contribution is 0.0668. The van der Waals surface area contributed by atoms with E-state index in [1.807, 2.05) is 19.9 Å². The van der Waals surface area contributed by atoms with Crippen molar-refractivity contribution < 1.29 is 18.4 Å². The highest BCUT2D eigenvalue weighted by Gasteiger charge is 2.22. The van der Waals surface area contributed by atoms with Gasteiger partial charge in [0.1, 0.15) is 23.7 Å². The Morgan fingerprint density at radius 3 is 2.70 bits per heavy atom. The average Bonchev–Trinajstić information content (AvgIpc) is 2.77. The fourth-order valence-electron chi connectivity index (χ4n) is 3.98. The predicted molar refractivity (Wildman–Crippen MR) is 130 cm³/mol. The minimum absolute atomic E-state index is 0.0775. The van der Waals surface area contributed by atoms with Gasteiger partial charge in [0, 0.05) is 33.2 Å². The van der Waals surface area contributed by atoms with E-state index in [1.165, 1.54) is 18.5 Å². The molecule has 2 N–H and O–H groups in total. The molecule has 176 valence electrons. The van der Waals surface area contributed by atoms with Crippen molar-refractivity contribution in [2.75, 3.05) is 17.3 Å². The van der Waals surface area contributed by atoms with Gasteiger partial charge in [-0.15, -0.1) is 0 Å². The van der Waals surface area contributed by atoms with Gasteiger partial charge in [0.2, 0.25) is 0 Å². The number of benzene rings is 2. The van der Waals surface area contributed by atoms with Crippen molar-refractivity contribution in [3.05, 3.63) is 48.0 Å². The highest BCUT2D eigenvalue weighted by atomic mass is 32.2. The number of aliphatic hydroxyl groups is 1. The van der Waals surface area contributed by atoms with Crippen molar-refractivity contribution in [2.24, 2.45) is 4.36 Å². The number of aliphatic hydroxyl groups excluding tert-OH is 1. The minimum Gasteiger partial charge on any atom is -0.488 e. The second-order valence-electron chi connectivity index (χ2n) is 8.53. The third-order valence-electron chi connectivity index (χ3n) is 5.89. The number of ether oxygens (including phenoxy) is 1. The predicted octanol–water partition coefficient (Wildman–Crippen LogP) is 5.25. The zero-order chi connectivity index (χ0) is 23.6. The number of anilines is 2. The van der Waals surface area contributed by atoms with Gasteiger partial charge in [0.25, 0.3) is 0 Å². The molecule has 1 heterocycles. The van der Waals surface area contributed by atoms with Gasteiger partial charge in [-0.05, 0) is 62.4 Å². The first kappa shape index (κ1) is 23.4. The molecule has 0 radical (unpaired) electrons. The SMILES string of the molecule is CCS(C)(=O)=Nc1cc(C)c2c(Nc3ccc(F)cc3OC3CCC(O)CC3)ncnc2c1. The first-order chi connectivity index (χ1) is 15.7. The van der Waals surface area contributed by atoms with Crippen LogP contribution in [0.4, 0.5) is 21.6 Å². The van der Waals surface area contributed by atoms with Crippen LogP contribution < -0.4 is 10.1 Å². The van der Waals surface area contributed by atoms with Gasteiger partial charge in [-0.3, -0.25) is 0 Å². The molecule has 3 aromatic rings. The van der Waals surface area contributed by atoms with E-state index in [9.17, 15) is 13.7 Å². The standard InChI is InChI=1S/C24H29FN4O3S/c1-4-33(3,31)29-17-11-15(2)23-21(13-17)26-14-27-24(23)28-20-10-5-16(25)12-22(20)32-19-8-6-18(30)7-9-19/h5,10-14,18-19,30H,4,6-9H2,1-3H3,(H,26,27,28). The third kappa shape index (κ3) is 5.59. The van der Waals surface area contributed by atoms with E-state index in [0.29, 0.717) is 47.1 Å². The summed E-state index contributed by atoms with van der Waals surface area (Å²) in [7, 11) is -2.30. The fraction of sp³-hybridized carbons (Fsp3) is 0.417. The summed E-state index contributed by atoms with van der Waals surface area (Å²) in [5, 5.41) is 13.8. The summed E-state index contributed by atoms with van der Waals surface area (Å²) in [5.74, 6) is 1.04. The molecule has 0 saturated heterocycles. The number of hydrogen-bond donors (Lipinski definition) is 2. The number of halogens is 1. The van der Waals surface area contributed by atoms with Crippen LogP contribution >= 0.6 is 0 Å². The summed E-state index contributed by atoms with van der Waals surface area (Å²) in [6, 6.07) is 8.02. The number of rotatable bonds is 6. The molecule has 33 heavy (non-hydrogen) atoms. The van der Waals surface area contributed by atoms with Crippen LogP contribution in [0.5, 0.6) is 5.75 Å². The number of aromatic nitrogens is 2. The van der Waals surface area contributed by atoms with E-state index < -0.39 is 9.73 Å². The Labute approximate surface area is 193 Å². The smallest absolute Gasteiger partial charge is 0.146 e. The second-order valence-corrected chi connectivity index (χ2v) is 11.2. The maximum Gasteiger partial charge on any atom is 0.146 e. The van der Waals surface area contributed by atoms with E-state index in [0.717, 1.165) is 23.8 Å². The van der Waals surface area contributed by atoms with Crippen LogP contribution in [0.25, 0.3) is 10.9 Å². The van der Waals surface area contributed by atoms with Gasteiger partial charge in [-0.1, -0.05) is 6.92 Å². The van der Waals surface area contributed by atoms with Crippen LogP contribution in [0.1, 0.15) is 38.2 Å². The van der Waals surface area contributed by atoms with Gasteiger partial charge in [-0.2, -0.15) is 4.36 Å². The Morgan fingerprint density at radius 1 is 1.21 bits per heavy atom. The summed E-state index contributed by atoms with van der Waals surface area (Å²) in [5.41, 5.74) is 2.76. The Morgan fingerprint density at radius 2 is 1.97 bits per heavy atom. The van der Waals surface area contributed by atoms with Crippen LogP contribution in [0, 0.1) is 12.7 Å². The highest BCUT2D eigenvalue weighted by molar-refractivity contribution is 7.93. The first-order valence-electron chi connectivity index (χ1n) is 11.1. The molecule has 2 aromatic carbocycles.